The molecule has 1 N–H and O–H groups in total. The largest absolute Gasteiger partial charge is 0.357 e. The van der Waals surface area contributed by atoms with Gasteiger partial charge in [0, 0.05) is 31.2 Å². The molecule has 1 saturated carbocycles. The fourth-order valence-corrected chi connectivity index (χ4v) is 3.74. The van der Waals surface area contributed by atoms with Gasteiger partial charge in [-0.2, -0.15) is 0 Å². The molecular formula is C14H16FN3S. The molecule has 19 heavy (non-hydrogen) atoms. The Hall–Kier alpha value is -1.20. The molecule has 3 nitrogen and oxygen atoms in total. The standard InChI is InChI=1S/C14H16FN3S/c15-9-1-4-13-12(7-9)17-14(19-13)16-10-5-6-18(8-10)11-2-3-11/h1,4,7,10-11H,2-3,5-6,8H2,(H,16,17). The topological polar surface area (TPSA) is 28.2 Å². The molecule has 0 radical (unpaired) electrons. The second kappa shape index (κ2) is 4.42. The second-order valence-electron chi connectivity index (χ2n) is 5.49. The summed E-state index contributed by atoms with van der Waals surface area (Å²) in [4.78, 5) is 7.05. The quantitative estimate of drug-likeness (QED) is 0.934. The Labute approximate surface area is 115 Å². The van der Waals surface area contributed by atoms with Crippen LogP contribution in [0.1, 0.15) is 19.3 Å². The summed E-state index contributed by atoms with van der Waals surface area (Å²) in [6.07, 6.45) is 3.92. The van der Waals surface area contributed by atoms with E-state index in [1.54, 1.807) is 17.4 Å². The fourth-order valence-electron chi connectivity index (χ4n) is 2.81. The van der Waals surface area contributed by atoms with Crippen LogP contribution in [0.2, 0.25) is 0 Å². The molecule has 100 valence electrons. The van der Waals surface area contributed by atoms with Crippen molar-refractivity contribution in [3.8, 4) is 0 Å². The summed E-state index contributed by atoms with van der Waals surface area (Å²) < 4.78 is 14.2. The third kappa shape index (κ3) is 2.32. The van der Waals surface area contributed by atoms with Crippen molar-refractivity contribution in [3.63, 3.8) is 0 Å². The minimum Gasteiger partial charge on any atom is -0.357 e. The Morgan fingerprint density at radius 3 is 3.05 bits per heavy atom. The number of rotatable bonds is 3. The van der Waals surface area contributed by atoms with E-state index in [4.69, 9.17) is 0 Å². The zero-order valence-corrected chi connectivity index (χ0v) is 11.4. The Kier molecular flexibility index (Phi) is 2.70. The molecule has 0 amide bonds. The number of likely N-dealkylation sites (tertiary alicyclic amines) is 1. The highest BCUT2D eigenvalue weighted by molar-refractivity contribution is 7.22. The van der Waals surface area contributed by atoms with Gasteiger partial charge in [0.15, 0.2) is 5.13 Å². The van der Waals surface area contributed by atoms with E-state index >= 15 is 0 Å². The van der Waals surface area contributed by atoms with Crippen molar-refractivity contribution >= 4 is 26.7 Å². The normalized spacial score (nSPS) is 24.2. The van der Waals surface area contributed by atoms with E-state index in [9.17, 15) is 4.39 Å². The van der Waals surface area contributed by atoms with Crippen molar-refractivity contribution in [2.75, 3.05) is 18.4 Å². The van der Waals surface area contributed by atoms with Crippen molar-refractivity contribution in [1.29, 1.82) is 0 Å². The number of benzene rings is 1. The van der Waals surface area contributed by atoms with Crippen LogP contribution in [-0.4, -0.2) is 35.1 Å². The summed E-state index contributed by atoms with van der Waals surface area (Å²) in [6, 6.07) is 6.14. The minimum atomic E-state index is -0.217. The average Bonchev–Trinajstić information content (AvgIpc) is 3.01. The highest BCUT2D eigenvalue weighted by atomic mass is 32.1. The van der Waals surface area contributed by atoms with Gasteiger partial charge in [0.1, 0.15) is 5.82 Å². The van der Waals surface area contributed by atoms with Crippen molar-refractivity contribution < 1.29 is 4.39 Å². The van der Waals surface area contributed by atoms with Gasteiger partial charge in [-0.15, -0.1) is 0 Å². The summed E-state index contributed by atoms with van der Waals surface area (Å²) >= 11 is 1.61. The molecule has 2 fully saturated rings. The average molecular weight is 277 g/mol. The van der Waals surface area contributed by atoms with Crippen molar-refractivity contribution in [2.24, 2.45) is 0 Å². The monoisotopic (exact) mass is 277 g/mol. The van der Waals surface area contributed by atoms with E-state index in [0.29, 0.717) is 6.04 Å². The fraction of sp³-hybridized carbons (Fsp3) is 0.500. The summed E-state index contributed by atoms with van der Waals surface area (Å²) in [7, 11) is 0. The number of hydrogen-bond donors (Lipinski definition) is 1. The van der Waals surface area contributed by atoms with Gasteiger partial charge >= 0.3 is 0 Å². The summed E-state index contributed by atoms with van der Waals surface area (Å²) in [5.41, 5.74) is 0.754. The van der Waals surface area contributed by atoms with Gasteiger partial charge in [0.05, 0.1) is 10.2 Å². The Morgan fingerprint density at radius 2 is 2.21 bits per heavy atom. The number of halogens is 1. The Balaban J connectivity index is 1.48. The molecule has 1 aromatic carbocycles. The molecule has 2 aliphatic rings. The van der Waals surface area contributed by atoms with Crippen LogP contribution in [0, 0.1) is 5.82 Å². The van der Waals surface area contributed by atoms with E-state index in [0.717, 1.165) is 27.9 Å². The van der Waals surface area contributed by atoms with Crippen molar-refractivity contribution in [3.05, 3.63) is 24.0 Å². The molecule has 1 unspecified atom stereocenters. The van der Waals surface area contributed by atoms with Gasteiger partial charge in [-0.1, -0.05) is 11.3 Å². The van der Waals surface area contributed by atoms with Crippen LogP contribution in [0.4, 0.5) is 9.52 Å². The van der Waals surface area contributed by atoms with Gasteiger partial charge in [0.2, 0.25) is 0 Å². The zero-order chi connectivity index (χ0) is 12.8. The maximum atomic E-state index is 13.1. The van der Waals surface area contributed by atoms with Crippen LogP contribution >= 0.6 is 11.3 Å². The van der Waals surface area contributed by atoms with Crippen molar-refractivity contribution in [2.45, 2.75) is 31.3 Å². The maximum Gasteiger partial charge on any atom is 0.184 e. The summed E-state index contributed by atoms with van der Waals surface area (Å²) in [5, 5.41) is 4.43. The lowest BCUT2D eigenvalue weighted by molar-refractivity contribution is 0.326. The third-order valence-electron chi connectivity index (χ3n) is 3.96. The lowest BCUT2D eigenvalue weighted by Gasteiger charge is -2.15. The van der Waals surface area contributed by atoms with Gasteiger partial charge in [0.25, 0.3) is 0 Å². The number of hydrogen-bond acceptors (Lipinski definition) is 4. The number of anilines is 1. The van der Waals surface area contributed by atoms with E-state index in [1.807, 2.05) is 0 Å². The molecule has 2 aromatic rings. The van der Waals surface area contributed by atoms with Gasteiger partial charge in [-0.05, 0) is 31.4 Å². The summed E-state index contributed by atoms with van der Waals surface area (Å²) in [5.74, 6) is -0.217. The van der Waals surface area contributed by atoms with Crippen LogP contribution in [0.15, 0.2) is 18.2 Å². The molecule has 0 bridgehead atoms. The second-order valence-corrected chi connectivity index (χ2v) is 6.52. The first-order valence-corrected chi connectivity index (χ1v) is 7.66. The van der Waals surface area contributed by atoms with E-state index < -0.39 is 0 Å². The smallest absolute Gasteiger partial charge is 0.184 e. The van der Waals surface area contributed by atoms with Crippen LogP contribution in [0.3, 0.4) is 0 Å². The van der Waals surface area contributed by atoms with Gasteiger partial charge in [-0.25, -0.2) is 9.37 Å². The molecule has 1 aromatic heterocycles. The lowest BCUT2D eigenvalue weighted by atomic mass is 10.3. The predicted molar refractivity (Wildman–Crippen MR) is 76.2 cm³/mol. The Bertz CT molecular complexity index is 608. The third-order valence-corrected chi connectivity index (χ3v) is 4.93. The Morgan fingerprint density at radius 1 is 1.32 bits per heavy atom. The number of fused-ring (bicyclic) bond motifs is 1. The van der Waals surface area contributed by atoms with E-state index in [2.05, 4.69) is 15.2 Å². The maximum absolute atomic E-state index is 13.1. The first kappa shape index (κ1) is 11.6. The first-order chi connectivity index (χ1) is 9.28. The molecule has 5 heteroatoms. The van der Waals surface area contributed by atoms with Crippen LogP contribution < -0.4 is 5.32 Å². The molecule has 1 aliphatic heterocycles. The SMILES string of the molecule is Fc1ccc2sc(NC3CCN(C4CC4)C3)nc2c1. The van der Waals surface area contributed by atoms with Crippen LogP contribution in [0.5, 0.6) is 0 Å². The molecular weight excluding hydrogens is 261 g/mol. The van der Waals surface area contributed by atoms with E-state index in [1.165, 1.54) is 37.9 Å². The number of nitrogens with zero attached hydrogens (tertiary/aromatic N) is 2. The van der Waals surface area contributed by atoms with Crippen molar-refractivity contribution in [1.82, 2.24) is 9.88 Å². The minimum absolute atomic E-state index is 0.217. The van der Waals surface area contributed by atoms with Gasteiger partial charge in [-0.3, -0.25) is 4.90 Å². The summed E-state index contributed by atoms with van der Waals surface area (Å²) in [6.45, 7) is 2.32. The van der Waals surface area contributed by atoms with Crippen LogP contribution in [0.25, 0.3) is 10.2 Å². The first-order valence-electron chi connectivity index (χ1n) is 6.84. The number of nitrogens with one attached hydrogen (secondary N) is 1. The highest BCUT2D eigenvalue weighted by Crippen LogP contribution is 2.32. The molecule has 1 aliphatic carbocycles. The predicted octanol–water partition coefficient (Wildman–Crippen LogP) is 3.08. The lowest BCUT2D eigenvalue weighted by Crippen LogP contribution is -2.27. The molecule has 4 rings (SSSR count). The number of thiazole rings is 1. The van der Waals surface area contributed by atoms with Crippen LogP contribution in [-0.2, 0) is 0 Å². The molecule has 0 spiro atoms. The molecule has 1 saturated heterocycles. The van der Waals surface area contributed by atoms with Gasteiger partial charge < -0.3 is 5.32 Å². The molecule has 1 atom stereocenters. The molecule has 2 heterocycles. The zero-order valence-electron chi connectivity index (χ0n) is 10.6. The highest BCUT2D eigenvalue weighted by Gasteiger charge is 2.34. The number of aromatic nitrogens is 1. The van der Waals surface area contributed by atoms with E-state index in [-0.39, 0.29) is 5.82 Å².